The van der Waals surface area contributed by atoms with Crippen LogP contribution in [0.1, 0.15) is 37.4 Å². The lowest BCUT2D eigenvalue weighted by Crippen LogP contribution is -2.26. The van der Waals surface area contributed by atoms with Gasteiger partial charge in [-0.1, -0.05) is 43.2 Å². The zero-order valence-electron chi connectivity index (χ0n) is 13.9. The number of hydrogen-bond donors (Lipinski definition) is 2. The Hall–Kier alpha value is -2.67. The second-order valence-corrected chi connectivity index (χ2v) is 6.22. The summed E-state index contributed by atoms with van der Waals surface area (Å²) in [5.74, 6) is -0.746. The number of primary amides is 1. The van der Waals surface area contributed by atoms with E-state index < -0.39 is 12.0 Å². The van der Waals surface area contributed by atoms with Crippen molar-refractivity contribution in [1.29, 1.82) is 0 Å². The second-order valence-electron chi connectivity index (χ2n) is 6.22. The van der Waals surface area contributed by atoms with Gasteiger partial charge in [-0.05, 0) is 18.4 Å². The summed E-state index contributed by atoms with van der Waals surface area (Å²) in [6.45, 7) is -0.0312. The molecule has 2 aromatic rings. The Balaban J connectivity index is 1.72. The van der Waals surface area contributed by atoms with Crippen LogP contribution in [0.2, 0.25) is 0 Å². The minimum Gasteiger partial charge on any atom is -0.368 e. The van der Waals surface area contributed by atoms with Crippen LogP contribution in [0, 0.1) is 0 Å². The van der Waals surface area contributed by atoms with E-state index in [9.17, 15) is 9.59 Å². The van der Waals surface area contributed by atoms with Gasteiger partial charge < -0.3 is 15.8 Å². The van der Waals surface area contributed by atoms with E-state index in [4.69, 9.17) is 10.5 Å². The van der Waals surface area contributed by atoms with Crippen LogP contribution in [-0.4, -0.2) is 27.7 Å². The number of rotatable bonds is 7. The van der Waals surface area contributed by atoms with Gasteiger partial charge in [-0.25, -0.2) is 0 Å². The van der Waals surface area contributed by atoms with Crippen LogP contribution >= 0.6 is 0 Å². The van der Waals surface area contributed by atoms with Crippen molar-refractivity contribution in [1.82, 2.24) is 9.78 Å². The van der Waals surface area contributed by atoms with Gasteiger partial charge in [-0.15, -0.1) is 0 Å². The highest BCUT2D eigenvalue weighted by atomic mass is 16.5. The van der Waals surface area contributed by atoms with E-state index in [1.807, 2.05) is 30.3 Å². The number of ether oxygens (including phenoxy) is 1. The summed E-state index contributed by atoms with van der Waals surface area (Å²) in [5, 5.41) is 6.81. The molecule has 3 rings (SSSR count). The molecule has 1 atom stereocenters. The Labute approximate surface area is 146 Å². The van der Waals surface area contributed by atoms with E-state index in [-0.39, 0.29) is 18.6 Å². The maximum Gasteiger partial charge on any atom is 0.258 e. The molecular formula is C18H22N4O3. The van der Waals surface area contributed by atoms with Gasteiger partial charge in [-0.2, -0.15) is 5.10 Å². The van der Waals surface area contributed by atoms with Crippen LogP contribution in [-0.2, 0) is 20.9 Å². The monoisotopic (exact) mass is 342 g/mol. The topological polar surface area (TPSA) is 99.2 Å². The molecule has 132 valence electrons. The van der Waals surface area contributed by atoms with Crippen molar-refractivity contribution < 1.29 is 14.3 Å². The molecule has 7 nitrogen and oxygen atoms in total. The van der Waals surface area contributed by atoms with Crippen molar-refractivity contribution in [2.75, 3.05) is 5.32 Å². The molecule has 0 bridgehead atoms. The second kappa shape index (κ2) is 7.94. The van der Waals surface area contributed by atoms with Gasteiger partial charge in [0.05, 0.1) is 18.0 Å². The number of benzene rings is 1. The minimum atomic E-state index is -0.677. The zero-order chi connectivity index (χ0) is 17.6. The van der Waals surface area contributed by atoms with E-state index >= 15 is 0 Å². The molecule has 0 aliphatic heterocycles. The third-order valence-electron chi connectivity index (χ3n) is 4.19. The normalized spacial score (nSPS) is 15.8. The molecule has 3 N–H and O–H groups in total. The first-order valence-corrected chi connectivity index (χ1v) is 8.44. The van der Waals surface area contributed by atoms with Crippen molar-refractivity contribution in [3.05, 3.63) is 48.3 Å². The molecule has 0 saturated heterocycles. The molecule has 2 amide bonds. The largest absolute Gasteiger partial charge is 0.368 e. The fraction of sp³-hybridized carbons (Fsp3) is 0.389. The number of carbonyl (C=O) groups excluding carboxylic acids is 2. The molecule has 7 heteroatoms. The molecule has 1 saturated carbocycles. The van der Waals surface area contributed by atoms with Crippen LogP contribution in [0.15, 0.2) is 42.7 Å². The summed E-state index contributed by atoms with van der Waals surface area (Å²) in [5.41, 5.74) is 6.46. The van der Waals surface area contributed by atoms with Crippen LogP contribution in [0.4, 0.5) is 5.69 Å². The van der Waals surface area contributed by atoms with Crippen LogP contribution in [0.3, 0.4) is 0 Å². The van der Waals surface area contributed by atoms with Crippen molar-refractivity contribution in [2.45, 2.75) is 44.4 Å². The Morgan fingerprint density at radius 1 is 1.28 bits per heavy atom. The summed E-state index contributed by atoms with van der Waals surface area (Å²) in [6.07, 6.45) is 6.71. The summed E-state index contributed by atoms with van der Waals surface area (Å²) >= 11 is 0. The standard InChI is InChI=1S/C18H22N4O3/c19-16(23)12-22-11-14(10-20-22)21-18(24)17(13-6-2-1-3-7-13)25-15-8-4-5-9-15/h1-3,6-7,10-11,15,17H,4-5,8-9,12H2,(H2,19,23)(H,21,24)/t17-/m1/s1. The smallest absolute Gasteiger partial charge is 0.258 e. The van der Waals surface area contributed by atoms with E-state index in [1.54, 1.807) is 6.20 Å². The molecule has 1 aromatic carbocycles. The maximum atomic E-state index is 12.8. The number of nitrogens with zero attached hydrogens (tertiary/aromatic N) is 2. The first kappa shape index (κ1) is 17.2. The average Bonchev–Trinajstić information content (AvgIpc) is 3.25. The van der Waals surface area contributed by atoms with Crippen LogP contribution < -0.4 is 11.1 Å². The van der Waals surface area contributed by atoms with Crippen molar-refractivity contribution in [3.63, 3.8) is 0 Å². The Morgan fingerprint density at radius 2 is 2.00 bits per heavy atom. The van der Waals surface area contributed by atoms with Gasteiger partial charge in [0.25, 0.3) is 5.91 Å². The maximum absolute atomic E-state index is 12.8. The fourth-order valence-electron chi connectivity index (χ4n) is 3.02. The van der Waals surface area contributed by atoms with E-state index in [2.05, 4.69) is 10.4 Å². The zero-order valence-corrected chi connectivity index (χ0v) is 13.9. The first-order valence-electron chi connectivity index (χ1n) is 8.44. The van der Waals surface area contributed by atoms with Gasteiger partial charge in [-0.3, -0.25) is 14.3 Å². The number of aromatic nitrogens is 2. The third-order valence-corrected chi connectivity index (χ3v) is 4.19. The SMILES string of the molecule is NC(=O)Cn1cc(NC(=O)[C@H](OC2CCCC2)c2ccccc2)cn1. The molecule has 1 aliphatic carbocycles. The van der Waals surface area contributed by atoms with E-state index in [0.717, 1.165) is 31.2 Å². The highest BCUT2D eigenvalue weighted by Gasteiger charge is 2.27. The molecule has 1 aromatic heterocycles. The summed E-state index contributed by atoms with van der Waals surface area (Å²) in [7, 11) is 0. The van der Waals surface area contributed by atoms with Gasteiger partial charge in [0.15, 0.2) is 6.10 Å². The quantitative estimate of drug-likeness (QED) is 0.804. The van der Waals surface area contributed by atoms with Crippen molar-refractivity contribution >= 4 is 17.5 Å². The highest BCUT2D eigenvalue weighted by molar-refractivity contribution is 5.94. The molecule has 1 fully saturated rings. The minimum absolute atomic E-state index is 0.0312. The summed E-state index contributed by atoms with van der Waals surface area (Å²) < 4.78 is 7.47. The third kappa shape index (κ3) is 4.67. The molecular weight excluding hydrogens is 320 g/mol. The van der Waals surface area contributed by atoms with Gasteiger partial charge in [0.1, 0.15) is 6.54 Å². The number of anilines is 1. The number of carbonyl (C=O) groups is 2. The molecule has 1 heterocycles. The molecule has 0 radical (unpaired) electrons. The number of nitrogens with one attached hydrogen (secondary N) is 1. The predicted octanol–water partition coefficient (Wildman–Crippen LogP) is 2.01. The van der Waals surface area contributed by atoms with Gasteiger partial charge >= 0.3 is 0 Å². The number of nitrogens with two attached hydrogens (primary N) is 1. The Kier molecular flexibility index (Phi) is 5.45. The van der Waals surface area contributed by atoms with Gasteiger partial charge in [0.2, 0.25) is 5.91 Å². The molecule has 0 unspecified atom stereocenters. The Morgan fingerprint density at radius 3 is 2.68 bits per heavy atom. The van der Waals surface area contributed by atoms with E-state index in [0.29, 0.717) is 5.69 Å². The van der Waals surface area contributed by atoms with E-state index in [1.165, 1.54) is 10.9 Å². The fourth-order valence-corrected chi connectivity index (χ4v) is 3.02. The number of hydrogen-bond acceptors (Lipinski definition) is 4. The number of amides is 2. The predicted molar refractivity (Wildman–Crippen MR) is 92.6 cm³/mol. The molecule has 0 spiro atoms. The van der Waals surface area contributed by atoms with Crippen molar-refractivity contribution in [3.8, 4) is 0 Å². The average molecular weight is 342 g/mol. The highest BCUT2D eigenvalue weighted by Crippen LogP contribution is 2.28. The Bertz CT molecular complexity index is 723. The van der Waals surface area contributed by atoms with Crippen LogP contribution in [0.5, 0.6) is 0 Å². The first-order chi connectivity index (χ1) is 12.1. The lowest BCUT2D eigenvalue weighted by molar-refractivity contribution is -0.131. The summed E-state index contributed by atoms with van der Waals surface area (Å²) in [6, 6.07) is 9.45. The molecule has 25 heavy (non-hydrogen) atoms. The summed E-state index contributed by atoms with van der Waals surface area (Å²) in [4.78, 5) is 23.7. The van der Waals surface area contributed by atoms with Crippen LogP contribution in [0.25, 0.3) is 0 Å². The van der Waals surface area contributed by atoms with Crippen molar-refractivity contribution in [2.24, 2.45) is 5.73 Å². The lowest BCUT2D eigenvalue weighted by Gasteiger charge is -2.21. The lowest BCUT2D eigenvalue weighted by atomic mass is 10.1. The van der Waals surface area contributed by atoms with Gasteiger partial charge in [0, 0.05) is 6.20 Å². The molecule has 1 aliphatic rings.